The molecule has 1 saturated carbocycles. The monoisotopic (exact) mass is 266 g/mol. The summed E-state index contributed by atoms with van der Waals surface area (Å²) >= 11 is 0. The van der Waals surface area contributed by atoms with Gasteiger partial charge in [0.2, 0.25) is 0 Å². The van der Waals surface area contributed by atoms with Crippen LogP contribution in [0.2, 0.25) is 0 Å². The Kier molecular flexibility index (Phi) is 3.99. The van der Waals surface area contributed by atoms with Gasteiger partial charge in [-0.3, -0.25) is 4.79 Å². The van der Waals surface area contributed by atoms with Crippen LogP contribution in [0.5, 0.6) is 0 Å². The quantitative estimate of drug-likeness (QED) is 0.859. The Morgan fingerprint density at radius 3 is 2.74 bits per heavy atom. The average Bonchev–Trinajstić information content (AvgIpc) is 3.13. The highest BCUT2D eigenvalue weighted by atomic mass is 19.1. The Morgan fingerprint density at radius 1 is 1.42 bits per heavy atom. The Hall–Kier alpha value is -2.11. The van der Waals surface area contributed by atoms with Crippen molar-refractivity contribution >= 4 is 17.7 Å². The minimum atomic E-state index is -0.941. The molecule has 0 aliphatic heterocycles. The molecule has 0 atom stereocenters. The van der Waals surface area contributed by atoms with Crippen molar-refractivity contribution < 1.29 is 19.1 Å². The van der Waals surface area contributed by atoms with E-state index in [1.54, 1.807) is 6.07 Å². The molecule has 2 rings (SSSR count). The molecular weight excluding hydrogens is 251 g/mol. The Balaban J connectivity index is 1.97. The number of rotatable bonds is 5. The van der Waals surface area contributed by atoms with Crippen molar-refractivity contribution in [2.45, 2.75) is 25.3 Å². The maximum atomic E-state index is 13.0. The smallest absolute Gasteiger partial charge is 0.322 e. The summed E-state index contributed by atoms with van der Waals surface area (Å²) in [5.74, 6) is -1.37. The average molecular weight is 266 g/mol. The number of nitrogens with zero attached hydrogens (tertiary/aromatic N) is 1. The van der Waals surface area contributed by atoms with Crippen LogP contribution in [0.3, 0.4) is 0 Å². The number of hydrogen-bond acceptors (Lipinski definition) is 2. The van der Waals surface area contributed by atoms with E-state index >= 15 is 0 Å². The molecule has 2 amide bonds. The van der Waals surface area contributed by atoms with E-state index in [2.05, 4.69) is 5.32 Å². The molecule has 19 heavy (non-hydrogen) atoms. The molecule has 0 spiro atoms. The number of carboxylic acid groups (broad SMARTS) is 1. The lowest BCUT2D eigenvalue weighted by Crippen LogP contribution is -2.38. The number of anilines is 1. The maximum Gasteiger partial charge on any atom is 0.322 e. The molecule has 1 fully saturated rings. The largest absolute Gasteiger partial charge is 0.481 e. The molecule has 1 aromatic carbocycles. The molecule has 6 heteroatoms. The Bertz CT molecular complexity index is 489. The zero-order chi connectivity index (χ0) is 13.8. The van der Waals surface area contributed by atoms with Crippen LogP contribution < -0.4 is 5.32 Å². The summed E-state index contributed by atoms with van der Waals surface area (Å²) in [7, 11) is 0. The number of hydrogen-bond donors (Lipinski definition) is 2. The number of nitrogens with one attached hydrogen (secondary N) is 1. The Morgan fingerprint density at radius 2 is 2.16 bits per heavy atom. The van der Waals surface area contributed by atoms with Gasteiger partial charge in [-0.15, -0.1) is 0 Å². The molecule has 1 aliphatic rings. The molecule has 0 radical (unpaired) electrons. The predicted molar refractivity (Wildman–Crippen MR) is 67.4 cm³/mol. The summed E-state index contributed by atoms with van der Waals surface area (Å²) in [6, 6.07) is 5.33. The molecule has 1 aromatic rings. The summed E-state index contributed by atoms with van der Waals surface area (Å²) in [6.07, 6.45) is 1.68. The first-order valence-corrected chi connectivity index (χ1v) is 6.11. The van der Waals surface area contributed by atoms with Gasteiger partial charge in [0, 0.05) is 18.3 Å². The van der Waals surface area contributed by atoms with E-state index in [4.69, 9.17) is 5.11 Å². The lowest BCUT2D eigenvalue weighted by atomic mass is 10.3. The van der Waals surface area contributed by atoms with E-state index in [1.165, 1.54) is 23.1 Å². The van der Waals surface area contributed by atoms with Gasteiger partial charge in [-0.1, -0.05) is 6.07 Å². The molecule has 0 bridgehead atoms. The number of carboxylic acids is 1. The highest BCUT2D eigenvalue weighted by molar-refractivity contribution is 5.90. The zero-order valence-electron chi connectivity index (χ0n) is 10.3. The first-order chi connectivity index (χ1) is 9.06. The van der Waals surface area contributed by atoms with Gasteiger partial charge in [0.05, 0.1) is 6.42 Å². The van der Waals surface area contributed by atoms with E-state index in [-0.39, 0.29) is 25.0 Å². The van der Waals surface area contributed by atoms with Crippen molar-refractivity contribution in [3.63, 3.8) is 0 Å². The lowest BCUT2D eigenvalue weighted by Gasteiger charge is -2.22. The van der Waals surface area contributed by atoms with Crippen molar-refractivity contribution in [3.8, 4) is 0 Å². The van der Waals surface area contributed by atoms with Gasteiger partial charge in [0.1, 0.15) is 5.82 Å². The van der Waals surface area contributed by atoms with E-state index in [0.29, 0.717) is 5.69 Å². The molecule has 0 saturated heterocycles. The van der Waals surface area contributed by atoms with Gasteiger partial charge in [0.15, 0.2) is 0 Å². The SMILES string of the molecule is O=C(O)CCN(C(=O)Nc1cccc(F)c1)C1CC1. The number of carbonyl (C=O) groups is 2. The van der Waals surface area contributed by atoms with Crippen LogP contribution in [0.25, 0.3) is 0 Å². The van der Waals surface area contributed by atoms with Gasteiger partial charge in [0.25, 0.3) is 0 Å². The summed E-state index contributed by atoms with van der Waals surface area (Å²) in [5.41, 5.74) is 0.367. The molecule has 1 aliphatic carbocycles. The highest BCUT2D eigenvalue weighted by Gasteiger charge is 2.32. The number of halogens is 1. The normalized spacial score (nSPS) is 13.9. The summed E-state index contributed by atoms with van der Waals surface area (Å²) in [4.78, 5) is 24.1. The third kappa shape index (κ3) is 3.94. The second-order valence-electron chi connectivity index (χ2n) is 4.51. The number of aliphatic carboxylic acids is 1. The van der Waals surface area contributed by atoms with E-state index in [0.717, 1.165) is 12.8 Å². The van der Waals surface area contributed by atoms with Crippen LogP contribution in [0.15, 0.2) is 24.3 Å². The lowest BCUT2D eigenvalue weighted by molar-refractivity contribution is -0.137. The minimum absolute atomic E-state index is 0.0902. The first kappa shape index (κ1) is 13.3. The maximum absolute atomic E-state index is 13.0. The topological polar surface area (TPSA) is 69.6 Å². The fourth-order valence-corrected chi connectivity index (χ4v) is 1.81. The highest BCUT2D eigenvalue weighted by Crippen LogP contribution is 2.27. The summed E-state index contributed by atoms with van der Waals surface area (Å²) < 4.78 is 13.0. The van der Waals surface area contributed by atoms with Crippen molar-refractivity contribution in [1.29, 1.82) is 0 Å². The number of amides is 2. The first-order valence-electron chi connectivity index (χ1n) is 6.11. The number of carbonyl (C=O) groups excluding carboxylic acids is 1. The van der Waals surface area contributed by atoms with Gasteiger partial charge in [-0.05, 0) is 31.0 Å². The molecular formula is C13H15FN2O3. The molecule has 2 N–H and O–H groups in total. The van der Waals surface area contributed by atoms with Gasteiger partial charge in [-0.25, -0.2) is 9.18 Å². The fourth-order valence-electron chi connectivity index (χ4n) is 1.81. The van der Waals surface area contributed by atoms with Crippen molar-refractivity contribution in [2.24, 2.45) is 0 Å². The third-order valence-electron chi connectivity index (χ3n) is 2.89. The summed E-state index contributed by atoms with van der Waals surface area (Å²) in [5, 5.41) is 11.2. The van der Waals surface area contributed by atoms with Crippen LogP contribution in [0, 0.1) is 5.82 Å². The van der Waals surface area contributed by atoms with Crippen molar-refractivity contribution in [2.75, 3.05) is 11.9 Å². The van der Waals surface area contributed by atoms with Crippen LogP contribution in [0.1, 0.15) is 19.3 Å². The number of benzene rings is 1. The van der Waals surface area contributed by atoms with Crippen LogP contribution in [-0.2, 0) is 4.79 Å². The zero-order valence-corrected chi connectivity index (χ0v) is 10.3. The molecule has 102 valence electrons. The second kappa shape index (κ2) is 5.69. The van der Waals surface area contributed by atoms with Crippen LogP contribution in [0.4, 0.5) is 14.9 Å². The van der Waals surface area contributed by atoms with E-state index in [1.807, 2.05) is 0 Å². The third-order valence-corrected chi connectivity index (χ3v) is 2.89. The number of urea groups is 1. The standard InChI is InChI=1S/C13H15FN2O3/c14-9-2-1-3-10(8-9)15-13(19)16(11-4-5-11)7-6-12(17)18/h1-3,8,11H,4-7H2,(H,15,19)(H,17,18). The van der Waals surface area contributed by atoms with Gasteiger partial charge < -0.3 is 15.3 Å². The van der Waals surface area contributed by atoms with Crippen LogP contribution >= 0.6 is 0 Å². The van der Waals surface area contributed by atoms with Gasteiger partial charge in [-0.2, -0.15) is 0 Å². The molecule has 5 nitrogen and oxygen atoms in total. The fraction of sp³-hybridized carbons (Fsp3) is 0.385. The molecule has 0 aromatic heterocycles. The van der Waals surface area contributed by atoms with Crippen molar-refractivity contribution in [1.82, 2.24) is 4.90 Å². The predicted octanol–water partition coefficient (Wildman–Crippen LogP) is 2.30. The second-order valence-corrected chi connectivity index (χ2v) is 4.51. The summed E-state index contributed by atoms with van der Waals surface area (Å²) in [6.45, 7) is 0.168. The molecule has 0 heterocycles. The van der Waals surface area contributed by atoms with E-state index in [9.17, 15) is 14.0 Å². The van der Waals surface area contributed by atoms with E-state index < -0.39 is 11.8 Å². The Labute approximate surface area is 110 Å². The van der Waals surface area contributed by atoms with Crippen molar-refractivity contribution in [3.05, 3.63) is 30.1 Å². The van der Waals surface area contributed by atoms with Gasteiger partial charge >= 0.3 is 12.0 Å². The van der Waals surface area contributed by atoms with Crippen LogP contribution in [-0.4, -0.2) is 34.6 Å². The molecule has 0 unspecified atom stereocenters. The minimum Gasteiger partial charge on any atom is -0.481 e.